The highest BCUT2D eigenvalue weighted by atomic mass is 32.2. The summed E-state index contributed by atoms with van der Waals surface area (Å²) in [7, 11) is -2.97. The fourth-order valence-corrected chi connectivity index (χ4v) is 3.92. The third-order valence-electron chi connectivity index (χ3n) is 3.17. The molecule has 2 heterocycles. The van der Waals surface area contributed by atoms with Crippen LogP contribution in [0.3, 0.4) is 0 Å². The number of fused-ring (bicyclic) bond motifs is 1. The van der Waals surface area contributed by atoms with Crippen molar-refractivity contribution in [3.8, 4) is 0 Å². The minimum Gasteiger partial charge on any atom is -0.320 e. The first-order chi connectivity index (χ1) is 8.55. The zero-order chi connectivity index (χ0) is 12.8. The molecule has 1 aromatic rings. The Hall–Kier alpha value is -1.69. The van der Waals surface area contributed by atoms with Gasteiger partial charge in [0.15, 0.2) is 9.84 Å². The van der Waals surface area contributed by atoms with E-state index in [0.717, 1.165) is 11.3 Å². The smallest absolute Gasteiger partial charge is 0.274 e. The Morgan fingerprint density at radius 2 is 2.06 bits per heavy atom. The van der Waals surface area contributed by atoms with Gasteiger partial charge in [0.25, 0.3) is 5.91 Å². The van der Waals surface area contributed by atoms with Crippen LogP contribution in [0, 0.1) is 0 Å². The van der Waals surface area contributed by atoms with Gasteiger partial charge in [-0.2, -0.15) is 0 Å². The van der Waals surface area contributed by atoms with Crippen molar-refractivity contribution in [2.75, 3.05) is 16.8 Å². The van der Waals surface area contributed by atoms with Crippen molar-refractivity contribution < 1.29 is 13.2 Å². The van der Waals surface area contributed by atoms with Crippen LogP contribution in [0.5, 0.6) is 0 Å². The van der Waals surface area contributed by atoms with E-state index in [-0.39, 0.29) is 23.5 Å². The van der Waals surface area contributed by atoms with Gasteiger partial charge >= 0.3 is 0 Å². The van der Waals surface area contributed by atoms with Crippen molar-refractivity contribution in [1.82, 2.24) is 0 Å². The highest BCUT2D eigenvalue weighted by Gasteiger charge is 2.31. The standard InChI is InChI=1S/C12H12N2O3S/c15-12-11(9-3-1-2-4-10(9)14-12)13-8-5-6-18(16,17)7-8/h1-4,8H,5-7H2,(H,13,14,15). The molecule has 0 aromatic heterocycles. The van der Waals surface area contributed by atoms with E-state index >= 15 is 0 Å². The number of hydrogen-bond donors (Lipinski definition) is 1. The normalized spacial score (nSPS) is 27.2. The van der Waals surface area contributed by atoms with Crippen molar-refractivity contribution in [2.45, 2.75) is 12.5 Å². The third-order valence-corrected chi connectivity index (χ3v) is 4.92. The van der Waals surface area contributed by atoms with E-state index in [1.165, 1.54) is 0 Å². The maximum Gasteiger partial charge on any atom is 0.274 e. The molecule has 0 radical (unpaired) electrons. The predicted octanol–water partition coefficient (Wildman–Crippen LogP) is 0.615. The Labute approximate surface area is 105 Å². The predicted molar refractivity (Wildman–Crippen MR) is 68.7 cm³/mol. The first-order valence-electron chi connectivity index (χ1n) is 5.74. The van der Waals surface area contributed by atoms with Crippen LogP contribution < -0.4 is 5.32 Å². The second-order valence-electron chi connectivity index (χ2n) is 4.53. The molecule has 1 aromatic carbocycles. The third kappa shape index (κ3) is 1.92. The number of hydrogen-bond acceptors (Lipinski definition) is 4. The molecular weight excluding hydrogens is 252 g/mol. The van der Waals surface area contributed by atoms with Crippen LogP contribution in [0.1, 0.15) is 12.0 Å². The summed E-state index contributed by atoms with van der Waals surface area (Å²) in [5.41, 5.74) is 1.85. The number of carbonyl (C=O) groups is 1. The van der Waals surface area contributed by atoms with Crippen molar-refractivity contribution in [3.63, 3.8) is 0 Å². The number of aliphatic imine (C=N–C) groups is 1. The minimum atomic E-state index is -2.97. The second kappa shape index (κ2) is 3.91. The lowest BCUT2D eigenvalue weighted by Crippen LogP contribution is -2.18. The average Bonchev–Trinajstić information content (AvgIpc) is 2.81. The molecule has 0 bridgehead atoms. The van der Waals surface area contributed by atoms with Gasteiger partial charge in [-0.15, -0.1) is 0 Å². The first kappa shape index (κ1) is 11.4. The topological polar surface area (TPSA) is 75.6 Å². The molecular formula is C12H12N2O3S. The number of rotatable bonds is 1. The molecule has 0 spiro atoms. The lowest BCUT2D eigenvalue weighted by molar-refractivity contribution is -0.110. The van der Waals surface area contributed by atoms with Crippen LogP contribution in [-0.2, 0) is 14.6 Å². The highest BCUT2D eigenvalue weighted by molar-refractivity contribution is 7.91. The molecule has 1 atom stereocenters. The Balaban J connectivity index is 1.96. The molecule has 1 amide bonds. The van der Waals surface area contributed by atoms with E-state index < -0.39 is 9.84 Å². The molecule has 3 rings (SSSR count). The van der Waals surface area contributed by atoms with E-state index in [2.05, 4.69) is 10.3 Å². The summed E-state index contributed by atoms with van der Waals surface area (Å²) in [5, 5.41) is 2.72. The fraction of sp³-hybridized carbons (Fsp3) is 0.333. The van der Waals surface area contributed by atoms with Gasteiger partial charge in [0.05, 0.1) is 23.2 Å². The zero-order valence-electron chi connectivity index (χ0n) is 9.59. The summed E-state index contributed by atoms with van der Waals surface area (Å²) < 4.78 is 22.7. The van der Waals surface area contributed by atoms with Crippen molar-refractivity contribution in [1.29, 1.82) is 0 Å². The number of sulfone groups is 1. The van der Waals surface area contributed by atoms with Gasteiger partial charge in [-0.25, -0.2) is 8.42 Å². The quantitative estimate of drug-likeness (QED) is 0.807. The van der Waals surface area contributed by atoms with E-state index in [9.17, 15) is 13.2 Å². The molecule has 1 N–H and O–H groups in total. The molecule has 94 valence electrons. The summed E-state index contributed by atoms with van der Waals surface area (Å²) in [5.74, 6) is -0.0376. The number of nitrogens with zero attached hydrogens (tertiary/aromatic N) is 1. The number of para-hydroxylation sites is 1. The molecule has 6 heteroatoms. The Bertz CT molecular complexity index is 649. The highest BCUT2D eigenvalue weighted by Crippen LogP contribution is 2.24. The minimum absolute atomic E-state index is 0.0476. The van der Waals surface area contributed by atoms with E-state index in [1.54, 1.807) is 6.07 Å². The van der Waals surface area contributed by atoms with Crippen molar-refractivity contribution in [2.24, 2.45) is 4.99 Å². The Morgan fingerprint density at radius 1 is 1.28 bits per heavy atom. The summed E-state index contributed by atoms with van der Waals surface area (Å²) >= 11 is 0. The van der Waals surface area contributed by atoms with Gasteiger partial charge < -0.3 is 5.32 Å². The van der Waals surface area contributed by atoms with Gasteiger partial charge in [-0.3, -0.25) is 9.79 Å². The number of anilines is 1. The van der Waals surface area contributed by atoms with Crippen LogP contribution >= 0.6 is 0 Å². The number of carbonyl (C=O) groups excluding carboxylic acids is 1. The van der Waals surface area contributed by atoms with Gasteiger partial charge in [0.1, 0.15) is 5.71 Å². The van der Waals surface area contributed by atoms with E-state index in [1.807, 2.05) is 18.2 Å². The van der Waals surface area contributed by atoms with Gasteiger partial charge in [0.2, 0.25) is 0 Å². The Kier molecular flexibility index (Phi) is 2.48. The molecule has 0 aliphatic carbocycles. The van der Waals surface area contributed by atoms with Crippen LogP contribution in [0.15, 0.2) is 29.3 Å². The molecule has 2 aliphatic rings. The molecule has 18 heavy (non-hydrogen) atoms. The molecule has 1 saturated heterocycles. The summed E-state index contributed by atoms with van der Waals surface area (Å²) in [6, 6.07) is 7.00. The van der Waals surface area contributed by atoms with Crippen molar-refractivity contribution >= 4 is 27.1 Å². The lowest BCUT2D eigenvalue weighted by Gasteiger charge is -2.02. The monoisotopic (exact) mass is 264 g/mol. The van der Waals surface area contributed by atoms with E-state index in [4.69, 9.17) is 0 Å². The maximum absolute atomic E-state index is 11.8. The number of amides is 1. The fourth-order valence-electron chi connectivity index (χ4n) is 2.29. The SMILES string of the molecule is O=C1Nc2ccccc2C1=NC1CCS(=O)(=O)C1. The second-order valence-corrected chi connectivity index (χ2v) is 6.76. The summed E-state index contributed by atoms with van der Waals surface area (Å²) in [6.07, 6.45) is 0.501. The lowest BCUT2D eigenvalue weighted by atomic mass is 10.1. The van der Waals surface area contributed by atoms with E-state index in [0.29, 0.717) is 12.1 Å². The molecule has 5 nitrogen and oxygen atoms in total. The first-order valence-corrected chi connectivity index (χ1v) is 7.56. The van der Waals surface area contributed by atoms with Gasteiger partial charge in [0, 0.05) is 5.56 Å². The summed E-state index contributed by atoms with van der Waals surface area (Å²) in [4.78, 5) is 16.1. The van der Waals surface area contributed by atoms with Crippen molar-refractivity contribution in [3.05, 3.63) is 29.8 Å². The van der Waals surface area contributed by atoms with Crippen LogP contribution in [0.25, 0.3) is 0 Å². The van der Waals surface area contributed by atoms with Crippen LogP contribution in [0.4, 0.5) is 5.69 Å². The van der Waals surface area contributed by atoms with Gasteiger partial charge in [-0.05, 0) is 12.5 Å². The molecule has 2 aliphatic heterocycles. The Morgan fingerprint density at radius 3 is 2.78 bits per heavy atom. The zero-order valence-corrected chi connectivity index (χ0v) is 10.4. The van der Waals surface area contributed by atoms with Crippen LogP contribution in [-0.4, -0.2) is 37.6 Å². The average molecular weight is 264 g/mol. The largest absolute Gasteiger partial charge is 0.320 e. The molecule has 0 saturated carbocycles. The molecule has 1 fully saturated rings. The van der Waals surface area contributed by atoms with Gasteiger partial charge in [-0.1, -0.05) is 18.2 Å². The maximum atomic E-state index is 11.8. The van der Waals surface area contributed by atoms with Crippen LogP contribution in [0.2, 0.25) is 0 Å². The summed E-state index contributed by atoms with van der Waals surface area (Å²) in [6.45, 7) is 0. The molecule has 1 unspecified atom stereocenters. The number of nitrogens with one attached hydrogen (secondary N) is 1. The number of benzene rings is 1.